The van der Waals surface area contributed by atoms with Gasteiger partial charge in [-0.1, -0.05) is 0 Å². The third kappa shape index (κ3) is 3.93. The van der Waals surface area contributed by atoms with Gasteiger partial charge in [0.15, 0.2) is 17.4 Å². The standard InChI is InChI=1S/C16H20F2N2O4/c1-16(2,3)24-15(22)19-5-6-20(14(21)9-19)12-7-11(18)13(23-4)8-10(12)17/h7-8H,5-6,9H2,1-4H3. The predicted molar refractivity (Wildman–Crippen MR) is 83.1 cm³/mol. The minimum absolute atomic E-state index is 0.0424. The van der Waals surface area contributed by atoms with Crippen LogP contribution in [0.5, 0.6) is 5.75 Å². The first kappa shape index (κ1) is 18.0. The van der Waals surface area contributed by atoms with Gasteiger partial charge in [-0.2, -0.15) is 0 Å². The first-order chi connectivity index (χ1) is 11.1. The molecule has 1 saturated heterocycles. The molecular weight excluding hydrogens is 322 g/mol. The van der Waals surface area contributed by atoms with Crippen molar-refractivity contribution in [1.82, 2.24) is 4.90 Å². The number of anilines is 1. The van der Waals surface area contributed by atoms with Gasteiger partial charge in [0.25, 0.3) is 0 Å². The summed E-state index contributed by atoms with van der Waals surface area (Å²) in [5.41, 5.74) is -0.857. The molecule has 1 aliphatic heterocycles. The topological polar surface area (TPSA) is 59.1 Å². The van der Waals surface area contributed by atoms with Gasteiger partial charge in [0, 0.05) is 25.2 Å². The molecule has 1 aromatic carbocycles. The molecular formula is C16H20F2N2O4. The first-order valence-corrected chi connectivity index (χ1v) is 7.43. The molecule has 0 bridgehead atoms. The molecule has 0 radical (unpaired) electrons. The number of benzene rings is 1. The second-order valence-electron chi connectivity index (χ2n) is 6.39. The number of amides is 2. The van der Waals surface area contributed by atoms with Gasteiger partial charge in [-0.25, -0.2) is 13.6 Å². The number of halogens is 2. The van der Waals surface area contributed by atoms with Crippen molar-refractivity contribution >= 4 is 17.7 Å². The van der Waals surface area contributed by atoms with E-state index in [2.05, 4.69) is 0 Å². The van der Waals surface area contributed by atoms with Gasteiger partial charge < -0.3 is 14.4 Å². The molecule has 0 saturated carbocycles. The van der Waals surface area contributed by atoms with Gasteiger partial charge in [0.05, 0.1) is 12.8 Å². The van der Waals surface area contributed by atoms with Crippen LogP contribution in [-0.4, -0.2) is 49.2 Å². The molecule has 0 unspecified atom stereocenters. The van der Waals surface area contributed by atoms with Crippen LogP contribution in [0.25, 0.3) is 0 Å². The molecule has 132 valence electrons. The summed E-state index contributed by atoms with van der Waals surface area (Å²) in [6.07, 6.45) is -0.614. The summed E-state index contributed by atoms with van der Waals surface area (Å²) in [7, 11) is 1.22. The molecule has 0 aliphatic carbocycles. The molecule has 24 heavy (non-hydrogen) atoms. The first-order valence-electron chi connectivity index (χ1n) is 7.43. The largest absolute Gasteiger partial charge is 0.494 e. The Labute approximate surface area is 138 Å². The quantitative estimate of drug-likeness (QED) is 0.829. The van der Waals surface area contributed by atoms with Crippen LogP contribution in [0.3, 0.4) is 0 Å². The maximum Gasteiger partial charge on any atom is 0.410 e. The van der Waals surface area contributed by atoms with Crippen molar-refractivity contribution in [2.24, 2.45) is 0 Å². The van der Waals surface area contributed by atoms with Crippen molar-refractivity contribution in [1.29, 1.82) is 0 Å². The summed E-state index contributed by atoms with van der Waals surface area (Å²) >= 11 is 0. The number of methoxy groups -OCH3 is 1. The van der Waals surface area contributed by atoms with E-state index in [9.17, 15) is 18.4 Å². The minimum Gasteiger partial charge on any atom is -0.494 e. The van der Waals surface area contributed by atoms with E-state index in [1.54, 1.807) is 20.8 Å². The van der Waals surface area contributed by atoms with E-state index in [1.807, 2.05) is 0 Å². The number of rotatable bonds is 2. The van der Waals surface area contributed by atoms with Crippen LogP contribution in [0.4, 0.5) is 19.3 Å². The van der Waals surface area contributed by atoms with Crippen LogP contribution in [0.2, 0.25) is 0 Å². The van der Waals surface area contributed by atoms with Crippen molar-refractivity contribution in [3.05, 3.63) is 23.8 Å². The molecule has 0 spiro atoms. The van der Waals surface area contributed by atoms with Gasteiger partial charge in [0.1, 0.15) is 12.1 Å². The molecule has 2 rings (SSSR count). The molecule has 0 N–H and O–H groups in total. The zero-order chi connectivity index (χ0) is 18.1. The molecule has 0 atom stereocenters. The fraction of sp³-hybridized carbons (Fsp3) is 0.500. The van der Waals surface area contributed by atoms with Crippen molar-refractivity contribution < 1.29 is 27.8 Å². The maximum atomic E-state index is 14.1. The van der Waals surface area contributed by atoms with Crippen molar-refractivity contribution in [2.45, 2.75) is 26.4 Å². The maximum absolute atomic E-state index is 14.1. The van der Waals surface area contributed by atoms with Crippen molar-refractivity contribution in [3.63, 3.8) is 0 Å². The summed E-state index contributed by atoms with van der Waals surface area (Å²) in [4.78, 5) is 26.6. The van der Waals surface area contributed by atoms with Gasteiger partial charge in [-0.05, 0) is 20.8 Å². The van der Waals surface area contributed by atoms with Gasteiger partial charge in [-0.3, -0.25) is 9.69 Å². The van der Waals surface area contributed by atoms with Crippen molar-refractivity contribution in [2.75, 3.05) is 31.6 Å². The Morgan fingerprint density at radius 1 is 1.17 bits per heavy atom. The third-order valence-corrected chi connectivity index (χ3v) is 3.38. The molecule has 2 amide bonds. The van der Waals surface area contributed by atoms with E-state index in [0.29, 0.717) is 0 Å². The smallest absolute Gasteiger partial charge is 0.410 e. The molecule has 6 nitrogen and oxygen atoms in total. The number of piperazine rings is 1. The Bertz CT molecular complexity index is 658. The lowest BCUT2D eigenvalue weighted by Crippen LogP contribution is -2.53. The van der Waals surface area contributed by atoms with Crippen LogP contribution < -0.4 is 9.64 Å². The van der Waals surface area contributed by atoms with Gasteiger partial charge in [0.2, 0.25) is 5.91 Å². The number of carbonyl (C=O) groups is 2. The summed E-state index contributed by atoms with van der Waals surface area (Å²) in [5, 5.41) is 0. The zero-order valence-corrected chi connectivity index (χ0v) is 14.1. The number of ether oxygens (including phenoxy) is 2. The SMILES string of the molecule is COc1cc(F)c(N2CCN(C(=O)OC(C)(C)C)CC2=O)cc1F. The second kappa shape index (κ2) is 6.62. The fourth-order valence-electron chi connectivity index (χ4n) is 2.29. The van der Waals surface area contributed by atoms with E-state index in [-0.39, 0.29) is 31.1 Å². The van der Waals surface area contributed by atoms with E-state index >= 15 is 0 Å². The highest BCUT2D eigenvalue weighted by Gasteiger charge is 2.32. The summed E-state index contributed by atoms with van der Waals surface area (Å²) < 4.78 is 37.8. The lowest BCUT2D eigenvalue weighted by atomic mass is 10.2. The Hall–Kier alpha value is -2.38. The molecule has 1 aromatic rings. The Morgan fingerprint density at radius 3 is 2.38 bits per heavy atom. The Balaban J connectivity index is 2.13. The lowest BCUT2D eigenvalue weighted by Gasteiger charge is -2.35. The van der Waals surface area contributed by atoms with Gasteiger partial charge >= 0.3 is 6.09 Å². The highest BCUT2D eigenvalue weighted by Crippen LogP contribution is 2.28. The van der Waals surface area contributed by atoms with E-state index in [4.69, 9.17) is 9.47 Å². The van der Waals surface area contributed by atoms with Crippen LogP contribution in [0.15, 0.2) is 12.1 Å². The van der Waals surface area contributed by atoms with E-state index in [0.717, 1.165) is 17.0 Å². The highest BCUT2D eigenvalue weighted by molar-refractivity contribution is 5.97. The highest BCUT2D eigenvalue weighted by atomic mass is 19.1. The summed E-state index contributed by atoms with van der Waals surface area (Å²) in [6.45, 7) is 5.10. The number of carbonyl (C=O) groups excluding carboxylic acids is 2. The molecule has 1 fully saturated rings. The molecule has 1 aliphatic rings. The number of hydrogen-bond acceptors (Lipinski definition) is 4. The van der Waals surface area contributed by atoms with Gasteiger partial charge in [-0.15, -0.1) is 0 Å². The minimum atomic E-state index is -0.771. The van der Waals surface area contributed by atoms with Crippen LogP contribution in [0.1, 0.15) is 20.8 Å². The summed E-state index contributed by atoms with van der Waals surface area (Å²) in [6, 6.07) is 1.80. The van der Waals surface area contributed by atoms with Crippen LogP contribution >= 0.6 is 0 Å². The molecule has 0 aromatic heterocycles. The monoisotopic (exact) mass is 342 g/mol. The molecule has 1 heterocycles. The van der Waals surface area contributed by atoms with E-state index in [1.165, 1.54) is 12.0 Å². The molecule has 8 heteroatoms. The van der Waals surface area contributed by atoms with Crippen molar-refractivity contribution in [3.8, 4) is 5.75 Å². The second-order valence-corrected chi connectivity index (χ2v) is 6.39. The van der Waals surface area contributed by atoms with Crippen LogP contribution in [-0.2, 0) is 9.53 Å². The normalized spacial score (nSPS) is 15.5. The lowest BCUT2D eigenvalue weighted by molar-refractivity contribution is -0.121. The van der Waals surface area contributed by atoms with Crippen LogP contribution in [0, 0.1) is 11.6 Å². The Morgan fingerprint density at radius 2 is 1.83 bits per heavy atom. The number of nitrogens with zero attached hydrogens (tertiary/aromatic N) is 2. The average Bonchev–Trinajstić information content (AvgIpc) is 2.47. The Kier molecular flexibility index (Phi) is 4.96. The number of hydrogen-bond donors (Lipinski definition) is 0. The zero-order valence-electron chi connectivity index (χ0n) is 14.1. The average molecular weight is 342 g/mol. The predicted octanol–water partition coefficient (Wildman–Crippen LogP) is 2.56. The third-order valence-electron chi connectivity index (χ3n) is 3.38. The summed E-state index contributed by atoms with van der Waals surface area (Å²) in [5.74, 6) is -2.30. The fourth-order valence-corrected chi connectivity index (χ4v) is 2.29. The van der Waals surface area contributed by atoms with E-state index < -0.39 is 29.2 Å².